The molecule has 0 radical (unpaired) electrons. The van der Waals surface area contributed by atoms with Crippen LogP contribution in [-0.4, -0.2) is 28.6 Å². The summed E-state index contributed by atoms with van der Waals surface area (Å²) in [6.07, 6.45) is 6.27. The van der Waals surface area contributed by atoms with Crippen LogP contribution in [0.1, 0.15) is 19.4 Å². The molecule has 1 aliphatic rings. The lowest BCUT2D eigenvalue weighted by Gasteiger charge is -2.43. The maximum Gasteiger partial charge on any atom is 0.190 e. The summed E-state index contributed by atoms with van der Waals surface area (Å²) in [7, 11) is 0. The summed E-state index contributed by atoms with van der Waals surface area (Å²) in [6.45, 7) is 6.38. The maximum atomic E-state index is 6.19. The second-order valence-electron chi connectivity index (χ2n) is 6.55. The highest BCUT2D eigenvalue weighted by atomic mass is 16.7. The van der Waals surface area contributed by atoms with Crippen molar-refractivity contribution >= 4 is 0 Å². The van der Waals surface area contributed by atoms with E-state index in [1.54, 1.807) is 12.5 Å². The van der Waals surface area contributed by atoms with Crippen LogP contribution in [0.3, 0.4) is 0 Å². The minimum absolute atomic E-state index is 0.0646. The Hall–Kier alpha value is -1.65. The molecule has 0 spiro atoms. The first kappa shape index (κ1) is 14.3. The number of imidazole rings is 1. The van der Waals surface area contributed by atoms with Gasteiger partial charge in [-0.05, 0) is 5.56 Å². The first-order valence-electron chi connectivity index (χ1n) is 7.35. The summed E-state index contributed by atoms with van der Waals surface area (Å²) < 4.78 is 14.4. The Kier molecular flexibility index (Phi) is 3.83. The van der Waals surface area contributed by atoms with Crippen LogP contribution in [0.25, 0.3) is 0 Å². The van der Waals surface area contributed by atoms with Crippen LogP contribution in [-0.2, 0) is 22.4 Å². The van der Waals surface area contributed by atoms with E-state index in [1.165, 1.54) is 5.56 Å². The Morgan fingerprint density at radius 1 is 1.14 bits per heavy atom. The minimum atomic E-state index is -0.614. The number of rotatable bonds is 4. The molecule has 1 fully saturated rings. The largest absolute Gasteiger partial charge is 0.347 e. The maximum absolute atomic E-state index is 6.19. The standard InChI is InChI=1S/C17H22N2O2/c1-16(2)12-20-17(21-13-16,11-19-9-8-18-14-19)10-15-6-4-3-5-7-15/h3-9,14H,10-13H2,1-2H3. The van der Waals surface area contributed by atoms with E-state index >= 15 is 0 Å². The Morgan fingerprint density at radius 2 is 1.86 bits per heavy atom. The van der Waals surface area contributed by atoms with Crippen LogP contribution in [0, 0.1) is 5.41 Å². The number of benzene rings is 1. The molecule has 0 saturated carbocycles. The fraction of sp³-hybridized carbons (Fsp3) is 0.471. The van der Waals surface area contributed by atoms with Gasteiger partial charge in [0.1, 0.15) is 0 Å². The molecule has 21 heavy (non-hydrogen) atoms. The van der Waals surface area contributed by atoms with Crippen molar-refractivity contribution in [2.75, 3.05) is 13.2 Å². The Labute approximate surface area is 125 Å². The molecule has 0 bridgehead atoms. The van der Waals surface area contributed by atoms with Gasteiger partial charge >= 0.3 is 0 Å². The van der Waals surface area contributed by atoms with Crippen molar-refractivity contribution < 1.29 is 9.47 Å². The third-order valence-electron chi connectivity index (χ3n) is 3.75. The molecule has 3 rings (SSSR count). The van der Waals surface area contributed by atoms with Crippen LogP contribution in [0.4, 0.5) is 0 Å². The molecule has 112 valence electrons. The molecule has 0 aliphatic carbocycles. The van der Waals surface area contributed by atoms with E-state index in [0.29, 0.717) is 19.8 Å². The van der Waals surface area contributed by atoms with Gasteiger partial charge in [-0.3, -0.25) is 0 Å². The average Bonchev–Trinajstić information content (AvgIpc) is 2.96. The molecule has 1 saturated heterocycles. The van der Waals surface area contributed by atoms with Crippen LogP contribution >= 0.6 is 0 Å². The SMILES string of the molecule is CC1(C)COC(Cc2ccccc2)(Cn2ccnc2)OC1. The topological polar surface area (TPSA) is 36.3 Å². The molecule has 0 amide bonds. The van der Waals surface area contributed by atoms with E-state index < -0.39 is 5.79 Å². The van der Waals surface area contributed by atoms with Gasteiger partial charge in [-0.2, -0.15) is 0 Å². The van der Waals surface area contributed by atoms with Crippen LogP contribution < -0.4 is 0 Å². The highest BCUT2D eigenvalue weighted by Crippen LogP contribution is 2.33. The summed E-state index contributed by atoms with van der Waals surface area (Å²) in [4.78, 5) is 4.11. The summed E-state index contributed by atoms with van der Waals surface area (Å²) in [5, 5.41) is 0. The van der Waals surface area contributed by atoms with Crippen LogP contribution in [0.2, 0.25) is 0 Å². The van der Waals surface area contributed by atoms with E-state index in [4.69, 9.17) is 9.47 Å². The zero-order chi connectivity index (χ0) is 14.8. The minimum Gasteiger partial charge on any atom is -0.347 e. The molecule has 4 heteroatoms. The quantitative estimate of drug-likeness (QED) is 0.867. The fourth-order valence-electron chi connectivity index (χ4n) is 2.55. The summed E-state index contributed by atoms with van der Waals surface area (Å²) in [6, 6.07) is 10.3. The predicted molar refractivity (Wildman–Crippen MR) is 80.8 cm³/mol. The predicted octanol–water partition coefficient (Wildman–Crippen LogP) is 2.90. The van der Waals surface area contributed by atoms with Gasteiger partial charge in [0.15, 0.2) is 5.79 Å². The highest BCUT2D eigenvalue weighted by molar-refractivity contribution is 5.16. The Morgan fingerprint density at radius 3 is 2.48 bits per heavy atom. The van der Waals surface area contributed by atoms with Gasteiger partial charge in [-0.1, -0.05) is 44.2 Å². The smallest absolute Gasteiger partial charge is 0.190 e. The van der Waals surface area contributed by atoms with E-state index in [9.17, 15) is 0 Å². The highest BCUT2D eigenvalue weighted by Gasteiger charge is 2.41. The first-order chi connectivity index (χ1) is 10.1. The Balaban J connectivity index is 1.81. The lowest BCUT2D eigenvalue weighted by molar-refractivity contribution is -0.304. The first-order valence-corrected chi connectivity index (χ1v) is 7.35. The fourth-order valence-corrected chi connectivity index (χ4v) is 2.55. The van der Waals surface area contributed by atoms with Crippen molar-refractivity contribution in [1.82, 2.24) is 9.55 Å². The number of nitrogens with zero attached hydrogens (tertiary/aromatic N) is 2. The zero-order valence-electron chi connectivity index (χ0n) is 12.7. The van der Waals surface area contributed by atoms with E-state index in [2.05, 4.69) is 31.0 Å². The van der Waals surface area contributed by atoms with Gasteiger partial charge in [-0.15, -0.1) is 0 Å². The van der Waals surface area contributed by atoms with Gasteiger partial charge in [0.25, 0.3) is 0 Å². The van der Waals surface area contributed by atoms with Gasteiger partial charge in [-0.25, -0.2) is 4.98 Å². The molecule has 0 N–H and O–H groups in total. The molecule has 0 unspecified atom stereocenters. The second-order valence-corrected chi connectivity index (χ2v) is 6.55. The Bertz CT molecular complexity index is 554. The molecule has 1 aromatic heterocycles. The number of aromatic nitrogens is 2. The van der Waals surface area contributed by atoms with Crippen LogP contribution in [0.5, 0.6) is 0 Å². The van der Waals surface area contributed by atoms with E-state index in [0.717, 1.165) is 6.42 Å². The van der Waals surface area contributed by atoms with Gasteiger partial charge in [0.05, 0.1) is 26.1 Å². The summed E-state index contributed by atoms with van der Waals surface area (Å²) >= 11 is 0. The second kappa shape index (κ2) is 5.62. The third-order valence-corrected chi connectivity index (χ3v) is 3.75. The molecule has 2 aromatic rings. The van der Waals surface area contributed by atoms with Crippen molar-refractivity contribution in [2.24, 2.45) is 5.41 Å². The molecule has 0 atom stereocenters. The zero-order valence-corrected chi connectivity index (χ0v) is 12.7. The van der Waals surface area contributed by atoms with Gasteiger partial charge in [0.2, 0.25) is 0 Å². The molecule has 1 aliphatic heterocycles. The summed E-state index contributed by atoms with van der Waals surface area (Å²) in [5.41, 5.74) is 1.28. The van der Waals surface area contributed by atoms with Crippen molar-refractivity contribution in [2.45, 2.75) is 32.6 Å². The van der Waals surface area contributed by atoms with Crippen molar-refractivity contribution in [1.29, 1.82) is 0 Å². The van der Waals surface area contributed by atoms with Crippen LogP contribution in [0.15, 0.2) is 49.1 Å². The molecule has 1 aromatic carbocycles. The van der Waals surface area contributed by atoms with E-state index in [1.807, 2.05) is 29.0 Å². The van der Waals surface area contributed by atoms with Crippen molar-refractivity contribution in [3.8, 4) is 0 Å². The number of hydrogen-bond acceptors (Lipinski definition) is 3. The van der Waals surface area contributed by atoms with E-state index in [-0.39, 0.29) is 5.41 Å². The third kappa shape index (κ3) is 3.52. The van der Waals surface area contributed by atoms with Crippen molar-refractivity contribution in [3.05, 3.63) is 54.6 Å². The molecule has 2 heterocycles. The number of hydrogen-bond donors (Lipinski definition) is 0. The summed E-state index contributed by atoms with van der Waals surface area (Å²) in [5.74, 6) is -0.614. The lowest BCUT2D eigenvalue weighted by atomic mass is 9.93. The molecular weight excluding hydrogens is 264 g/mol. The number of ether oxygens (including phenoxy) is 2. The average molecular weight is 286 g/mol. The molecular formula is C17H22N2O2. The van der Waals surface area contributed by atoms with Crippen molar-refractivity contribution in [3.63, 3.8) is 0 Å². The van der Waals surface area contributed by atoms with Gasteiger partial charge < -0.3 is 14.0 Å². The normalized spacial score (nSPS) is 20.3. The monoisotopic (exact) mass is 286 g/mol. The molecule has 4 nitrogen and oxygen atoms in total. The van der Waals surface area contributed by atoms with Gasteiger partial charge in [0, 0.05) is 24.2 Å². The lowest BCUT2D eigenvalue weighted by Crippen LogP contribution is -2.51.